The Morgan fingerprint density at radius 2 is 1.16 bits per heavy atom. The van der Waals surface area contributed by atoms with Gasteiger partial charge < -0.3 is 4.42 Å². The molecule has 8 aromatic carbocycles. The van der Waals surface area contributed by atoms with Crippen LogP contribution in [0, 0.1) is 0 Å². The Bertz CT molecular complexity index is 3790. The molecule has 10 rings (SSSR count). The summed E-state index contributed by atoms with van der Waals surface area (Å²) in [5.41, 5.74) is -1.27. The lowest BCUT2D eigenvalue weighted by Gasteiger charge is -2.12. The van der Waals surface area contributed by atoms with Crippen molar-refractivity contribution < 1.29 is 26.3 Å². The van der Waals surface area contributed by atoms with Crippen LogP contribution in [0.1, 0.15) is 21.9 Å². The molecule has 2 heterocycles. The molecule has 4 nitrogen and oxygen atoms in total. The van der Waals surface area contributed by atoms with E-state index in [1.54, 1.807) is 6.07 Å². The van der Waals surface area contributed by atoms with Crippen molar-refractivity contribution in [3.8, 4) is 45.3 Å². The number of hydrogen-bond donors (Lipinski definition) is 0. The van der Waals surface area contributed by atoms with E-state index in [0.717, 1.165) is 27.6 Å². The number of benzene rings is 8. The highest BCUT2D eigenvalue weighted by Crippen LogP contribution is 2.42. The van der Waals surface area contributed by atoms with Crippen molar-refractivity contribution >= 4 is 54.3 Å². The van der Waals surface area contributed by atoms with Gasteiger partial charge >= 0.3 is 0 Å². The van der Waals surface area contributed by atoms with E-state index < -0.39 is 102 Å². The molecule has 0 spiro atoms. The highest BCUT2D eigenvalue weighted by Gasteiger charge is 2.21. The Morgan fingerprint density at radius 1 is 0.449 bits per heavy atom. The summed E-state index contributed by atoms with van der Waals surface area (Å²) in [5, 5.41) is 2.89. The first-order valence-electron chi connectivity index (χ1n) is 23.1. The fraction of sp³-hybridized carbons (Fsp3) is 0. The Kier molecular flexibility index (Phi) is 3.57. The number of nitrogens with zero attached hydrogens (tertiary/aromatic N) is 3. The number of para-hydroxylation sites is 1. The first-order chi connectivity index (χ1) is 30.9. The molecule has 0 saturated carbocycles. The standard InChI is InChI=1S/C45H27N3O/c1-2-12-31(13-3-1)43-46-44(34-23-21-30-20-19-29-11-6-7-15-35(29)39(30)27-34)48-45(47-43)38-25-24-36(33-22-18-28-10-4-5-14-32(28)26-33)42-41(38)37-16-8-9-17-40(37)49-42/h1-27H/i1D,2D,3D,4D,5D,8D,9D,10D,12D,13D,14D,17D,18D,24D,25D,26D. The van der Waals surface area contributed by atoms with Crippen molar-refractivity contribution in [1.82, 2.24) is 15.0 Å². The fourth-order valence-electron chi connectivity index (χ4n) is 6.10. The average molecular weight is 642 g/mol. The van der Waals surface area contributed by atoms with E-state index in [-0.39, 0.29) is 66.9 Å². The van der Waals surface area contributed by atoms with Crippen LogP contribution in [0.5, 0.6) is 0 Å². The Balaban J connectivity index is 1.36. The fourth-order valence-corrected chi connectivity index (χ4v) is 6.10. The van der Waals surface area contributed by atoms with Crippen LogP contribution in [0.25, 0.3) is 99.5 Å². The third-order valence-electron chi connectivity index (χ3n) is 8.36. The minimum absolute atomic E-state index is 0.000389. The van der Waals surface area contributed by atoms with Crippen molar-refractivity contribution in [1.29, 1.82) is 0 Å². The van der Waals surface area contributed by atoms with E-state index in [9.17, 15) is 4.11 Å². The van der Waals surface area contributed by atoms with Crippen molar-refractivity contribution in [3.63, 3.8) is 0 Å². The minimum Gasteiger partial charge on any atom is -0.455 e. The lowest BCUT2D eigenvalue weighted by molar-refractivity contribution is 0.670. The summed E-state index contributed by atoms with van der Waals surface area (Å²) in [4.78, 5) is 14.1. The van der Waals surface area contributed by atoms with Crippen molar-refractivity contribution in [2.24, 2.45) is 0 Å². The lowest BCUT2D eigenvalue weighted by Crippen LogP contribution is -2.00. The molecule has 0 N–H and O–H groups in total. The lowest BCUT2D eigenvalue weighted by atomic mass is 9.96. The molecular formula is C45H27N3O. The number of rotatable bonds is 4. The average Bonchev–Trinajstić information content (AvgIpc) is 3.66. The molecule has 2 aromatic heterocycles. The second-order valence-electron chi connectivity index (χ2n) is 11.2. The van der Waals surface area contributed by atoms with Crippen LogP contribution in [-0.2, 0) is 0 Å². The van der Waals surface area contributed by atoms with Crippen LogP contribution in [-0.4, -0.2) is 15.0 Å². The molecule has 10 aromatic rings. The SMILES string of the molecule is [2H]c1cc2c(oc3c(-c4cc([2H])c5c([2H])c([2H])c([2H])c([2H])c5c4[2H])c([2H])c([2H])c(-c4nc(-c5ccc6ccc7ccccc7c6c5)nc(-c5c([2H])c([2H])c([2H])c([2H])c5[2H])n4)c32)c([2H])c1[2H]. The van der Waals surface area contributed by atoms with E-state index in [4.69, 9.17) is 27.2 Å². The van der Waals surface area contributed by atoms with Gasteiger partial charge in [-0.05, 0) is 68.1 Å². The van der Waals surface area contributed by atoms with Crippen molar-refractivity contribution in [2.75, 3.05) is 0 Å². The zero-order chi connectivity index (χ0) is 46.2. The summed E-state index contributed by atoms with van der Waals surface area (Å²) in [6.45, 7) is 0. The Labute approximate surface area is 304 Å². The molecule has 0 atom stereocenters. The van der Waals surface area contributed by atoms with Gasteiger partial charge in [0.15, 0.2) is 17.5 Å². The minimum atomic E-state index is -0.666. The van der Waals surface area contributed by atoms with Gasteiger partial charge in [-0.25, -0.2) is 15.0 Å². The number of fused-ring (bicyclic) bond motifs is 7. The summed E-state index contributed by atoms with van der Waals surface area (Å²) in [6.07, 6.45) is 0. The van der Waals surface area contributed by atoms with E-state index in [1.165, 1.54) is 6.07 Å². The largest absolute Gasteiger partial charge is 0.455 e. The second-order valence-corrected chi connectivity index (χ2v) is 11.2. The van der Waals surface area contributed by atoms with Gasteiger partial charge in [-0.1, -0.05) is 133 Å². The predicted octanol–water partition coefficient (Wildman–Crippen LogP) is 11.9. The van der Waals surface area contributed by atoms with Gasteiger partial charge in [-0.3, -0.25) is 0 Å². The molecule has 0 amide bonds. The van der Waals surface area contributed by atoms with E-state index in [2.05, 4.69) is 9.97 Å². The van der Waals surface area contributed by atoms with Gasteiger partial charge in [0.2, 0.25) is 0 Å². The van der Waals surface area contributed by atoms with Crippen molar-refractivity contribution in [2.45, 2.75) is 0 Å². The van der Waals surface area contributed by atoms with Crippen LogP contribution in [0.2, 0.25) is 0 Å². The van der Waals surface area contributed by atoms with Gasteiger partial charge in [-0.2, -0.15) is 0 Å². The summed E-state index contributed by atoms with van der Waals surface area (Å²) in [7, 11) is 0. The quantitative estimate of drug-likeness (QED) is 0.179. The van der Waals surface area contributed by atoms with Crippen molar-refractivity contribution in [3.05, 3.63) is 163 Å². The van der Waals surface area contributed by atoms with Gasteiger partial charge in [0.1, 0.15) is 11.2 Å². The highest BCUT2D eigenvalue weighted by molar-refractivity contribution is 6.16. The zero-order valence-corrected chi connectivity index (χ0v) is 25.1. The van der Waals surface area contributed by atoms with Crippen LogP contribution in [0.4, 0.5) is 0 Å². The molecule has 4 heteroatoms. The summed E-state index contributed by atoms with van der Waals surface area (Å²) < 4.78 is 146. The topological polar surface area (TPSA) is 51.8 Å². The third-order valence-corrected chi connectivity index (χ3v) is 8.36. The van der Waals surface area contributed by atoms with E-state index >= 15 is 0 Å². The zero-order valence-electron chi connectivity index (χ0n) is 41.1. The van der Waals surface area contributed by atoms with Gasteiger partial charge in [-0.15, -0.1) is 0 Å². The monoisotopic (exact) mass is 641 g/mol. The summed E-state index contributed by atoms with van der Waals surface area (Å²) in [6, 6.07) is 10.0. The molecular weight excluding hydrogens is 599 g/mol. The van der Waals surface area contributed by atoms with Crippen LogP contribution >= 0.6 is 0 Å². The molecule has 0 aliphatic carbocycles. The van der Waals surface area contributed by atoms with E-state index in [0.29, 0.717) is 5.56 Å². The number of furan rings is 1. The molecule has 0 unspecified atom stereocenters. The summed E-state index contributed by atoms with van der Waals surface area (Å²) >= 11 is 0. The highest BCUT2D eigenvalue weighted by atomic mass is 16.3. The maximum Gasteiger partial charge on any atom is 0.164 e. The maximum absolute atomic E-state index is 9.67. The van der Waals surface area contributed by atoms with Gasteiger partial charge in [0, 0.05) is 33.0 Å². The van der Waals surface area contributed by atoms with Crippen LogP contribution in [0.3, 0.4) is 0 Å². The number of hydrogen-bond acceptors (Lipinski definition) is 4. The smallest absolute Gasteiger partial charge is 0.164 e. The predicted molar refractivity (Wildman–Crippen MR) is 201 cm³/mol. The second kappa shape index (κ2) is 11.0. The molecule has 49 heavy (non-hydrogen) atoms. The first kappa shape index (κ1) is 16.0. The molecule has 0 fully saturated rings. The third kappa shape index (κ3) is 4.57. The molecule has 0 aliphatic rings. The molecule has 0 saturated heterocycles. The van der Waals surface area contributed by atoms with Crippen LogP contribution in [0.15, 0.2) is 168 Å². The van der Waals surface area contributed by atoms with E-state index in [1.807, 2.05) is 48.5 Å². The van der Waals surface area contributed by atoms with Crippen LogP contribution < -0.4 is 0 Å². The van der Waals surface area contributed by atoms with Gasteiger partial charge in [0.25, 0.3) is 0 Å². The molecule has 0 radical (unpaired) electrons. The Hall–Kier alpha value is -6.65. The molecule has 0 aliphatic heterocycles. The maximum atomic E-state index is 9.67. The molecule has 0 bridgehead atoms. The number of aromatic nitrogens is 3. The first-order valence-corrected chi connectivity index (χ1v) is 15.1. The van der Waals surface area contributed by atoms with Gasteiger partial charge in [0.05, 0.1) is 21.9 Å². The summed E-state index contributed by atoms with van der Waals surface area (Å²) in [5.74, 6) is -0.794. The molecule has 228 valence electrons. The Morgan fingerprint density at radius 3 is 2.06 bits per heavy atom. The normalized spacial score (nSPS) is 16.2.